The Kier molecular flexibility index (Phi) is 6.39. The minimum absolute atomic E-state index is 0.122. The maximum atomic E-state index is 12.8. The van der Waals surface area contributed by atoms with Gasteiger partial charge in [-0.15, -0.1) is 0 Å². The average molecular weight is 445 g/mol. The highest BCUT2D eigenvalue weighted by Gasteiger charge is 2.50. The third-order valence-corrected chi connectivity index (χ3v) is 7.35. The van der Waals surface area contributed by atoms with Crippen LogP contribution in [0.5, 0.6) is 5.75 Å². The number of aliphatic hydroxyl groups is 1. The molecule has 33 heavy (non-hydrogen) atoms. The van der Waals surface area contributed by atoms with E-state index in [1.807, 2.05) is 24.3 Å². The van der Waals surface area contributed by atoms with E-state index in [9.17, 15) is 9.90 Å². The Hall–Kier alpha value is -2.81. The van der Waals surface area contributed by atoms with Gasteiger partial charge in [-0.05, 0) is 62.1 Å². The summed E-state index contributed by atoms with van der Waals surface area (Å²) in [6.07, 6.45) is 4.21. The number of para-hydroxylation sites is 1. The lowest BCUT2D eigenvalue weighted by molar-refractivity contribution is -0.137. The van der Waals surface area contributed by atoms with Gasteiger partial charge in [0.2, 0.25) is 5.91 Å². The van der Waals surface area contributed by atoms with Crippen LogP contribution < -0.4 is 4.74 Å². The molecule has 0 aromatic heterocycles. The monoisotopic (exact) mass is 444 g/mol. The fraction of sp³-hybridized carbons (Fsp3) is 0.464. The molecule has 0 radical (unpaired) electrons. The molecule has 5 rings (SSSR count). The van der Waals surface area contributed by atoms with Crippen LogP contribution in [0.3, 0.4) is 0 Å². The molecule has 0 spiro atoms. The number of carbonyl (C=O) groups excluding carboxylic acids is 1. The molecule has 5 heteroatoms. The van der Waals surface area contributed by atoms with Crippen molar-refractivity contribution in [2.45, 2.75) is 43.7 Å². The van der Waals surface area contributed by atoms with Gasteiger partial charge < -0.3 is 14.7 Å². The average Bonchev–Trinajstić information content (AvgIpc) is 3.68. The van der Waals surface area contributed by atoms with Crippen molar-refractivity contribution in [2.75, 3.05) is 33.4 Å². The second-order valence-electron chi connectivity index (χ2n) is 9.42. The second kappa shape index (κ2) is 9.59. The SMILES string of the molecule is COc1ccccc1C#Cc1ccc([C@H]2[C@@H](CO)N3CCCCN(C(=O)C4CC4)C[C@H]23)cc1. The van der Waals surface area contributed by atoms with Gasteiger partial charge in [0.1, 0.15) is 5.75 Å². The summed E-state index contributed by atoms with van der Waals surface area (Å²) in [5.41, 5.74) is 3.04. The van der Waals surface area contributed by atoms with Crippen molar-refractivity contribution >= 4 is 5.91 Å². The van der Waals surface area contributed by atoms with Crippen LogP contribution in [-0.2, 0) is 4.79 Å². The lowest BCUT2D eigenvalue weighted by atomic mass is 9.74. The summed E-state index contributed by atoms with van der Waals surface area (Å²) in [4.78, 5) is 17.3. The van der Waals surface area contributed by atoms with Crippen LogP contribution in [0, 0.1) is 17.8 Å². The number of ether oxygens (including phenoxy) is 1. The minimum Gasteiger partial charge on any atom is -0.495 e. The summed E-state index contributed by atoms with van der Waals surface area (Å²) in [6.45, 7) is 2.78. The summed E-state index contributed by atoms with van der Waals surface area (Å²) < 4.78 is 5.39. The zero-order valence-corrected chi connectivity index (χ0v) is 19.2. The van der Waals surface area contributed by atoms with Crippen LogP contribution in [0.2, 0.25) is 0 Å². The fourth-order valence-corrected chi connectivity index (χ4v) is 5.41. The Bertz CT molecular complexity index is 1050. The predicted octanol–water partition coefficient (Wildman–Crippen LogP) is 3.26. The van der Waals surface area contributed by atoms with E-state index in [2.05, 4.69) is 45.9 Å². The number of hydrogen-bond donors (Lipinski definition) is 1. The minimum atomic E-state index is 0.122. The molecular weight excluding hydrogens is 412 g/mol. The molecular formula is C28H32N2O3. The number of amides is 1. The molecule has 2 aromatic rings. The molecule has 1 amide bonds. The number of rotatable bonds is 4. The van der Waals surface area contributed by atoms with E-state index in [0.29, 0.717) is 5.91 Å². The third kappa shape index (κ3) is 4.51. The first-order valence-corrected chi connectivity index (χ1v) is 12.1. The van der Waals surface area contributed by atoms with Gasteiger partial charge in [0, 0.05) is 42.6 Å². The molecule has 1 saturated carbocycles. The zero-order valence-electron chi connectivity index (χ0n) is 19.2. The van der Waals surface area contributed by atoms with Gasteiger partial charge in [-0.1, -0.05) is 36.1 Å². The van der Waals surface area contributed by atoms with Crippen molar-refractivity contribution in [1.82, 2.24) is 9.80 Å². The number of nitrogens with zero attached hydrogens (tertiary/aromatic N) is 2. The molecule has 172 valence electrons. The molecule has 2 heterocycles. The third-order valence-electron chi connectivity index (χ3n) is 7.35. The topological polar surface area (TPSA) is 53.0 Å². The molecule has 2 aromatic carbocycles. The van der Waals surface area contributed by atoms with Gasteiger partial charge in [0.15, 0.2) is 0 Å². The first-order chi connectivity index (χ1) is 16.2. The molecule has 0 unspecified atom stereocenters. The van der Waals surface area contributed by atoms with Crippen LogP contribution in [0.1, 0.15) is 48.3 Å². The van der Waals surface area contributed by atoms with Gasteiger partial charge >= 0.3 is 0 Å². The normalized spacial score (nSPS) is 25.0. The standard InChI is InChI=1S/C28H32N2O3/c1-33-26-7-3-2-6-21(26)11-8-20-9-12-22(13-10-20)27-24-18-29(28(32)23-14-15-23)16-4-5-17-30(24)25(27)19-31/h2-3,6-7,9-10,12-13,23-25,27,31H,4-5,14-19H2,1H3/t24-,25-,27-/m1/s1. The van der Waals surface area contributed by atoms with Gasteiger partial charge in [-0.25, -0.2) is 0 Å². The molecule has 1 aliphatic carbocycles. The summed E-state index contributed by atoms with van der Waals surface area (Å²) >= 11 is 0. The first-order valence-electron chi connectivity index (χ1n) is 12.1. The zero-order chi connectivity index (χ0) is 22.8. The van der Waals surface area contributed by atoms with Crippen molar-refractivity contribution in [3.63, 3.8) is 0 Å². The number of hydrogen-bond acceptors (Lipinski definition) is 4. The van der Waals surface area contributed by atoms with E-state index in [4.69, 9.17) is 4.74 Å². The summed E-state index contributed by atoms with van der Waals surface area (Å²) in [5, 5.41) is 10.1. The van der Waals surface area contributed by atoms with Crippen molar-refractivity contribution in [2.24, 2.45) is 5.92 Å². The number of benzene rings is 2. The lowest BCUT2D eigenvalue weighted by Gasteiger charge is -2.57. The number of carbonyl (C=O) groups is 1. The van der Waals surface area contributed by atoms with Gasteiger partial charge in [0.05, 0.1) is 19.3 Å². The molecule has 5 nitrogen and oxygen atoms in total. The lowest BCUT2D eigenvalue weighted by Crippen LogP contribution is -2.68. The van der Waals surface area contributed by atoms with E-state index in [0.717, 1.165) is 62.2 Å². The Morgan fingerprint density at radius 1 is 1.06 bits per heavy atom. The van der Waals surface area contributed by atoms with Crippen molar-refractivity contribution in [3.05, 3.63) is 65.2 Å². The Labute approximate surface area is 196 Å². The maximum Gasteiger partial charge on any atom is 0.225 e. The molecule has 3 fully saturated rings. The van der Waals surface area contributed by atoms with Crippen LogP contribution in [0.15, 0.2) is 48.5 Å². The highest BCUT2D eigenvalue weighted by molar-refractivity contribution is 5.81. The predicted molar refractivity (Wildman–Crippen MR) is 128 cm³/mol. The Morgan fingerprint density at radius 3 is 2.55 bits per heavy atom. The molecule has 0 bridgehead atoms. The summed E-state index contributed by atoms with van der Waals surface area (Å²) in [5.74, 6) is 8.04. The van der Waals surface area contributed by atoms with Gasteiger partial charge in [0.25, 0.3) is 0 Å². The van der Waals surface area contributed by atoms with Crippen LogP contribution in [0.4, 0.5) is 0 Å². The summed E-state index contributed by atoms with van der Waals surface area (Å²) in [6, 6.07) is 16.6. The van der Waals surface area contributed by atoms with Crippen molar-refractivity contribution in [3.8, 4) is 17.6 Å². The van der Waals surface area contributed by atoms with Crippen molar-refractivity contribution < 1.29 is 14.6 Å². The van der Waals surface area contributed by atoms with E-state index >= 15 is 0 Å². The Morgan fingerprint density at radius 2 is 1.82 bits per heavy atom. The Balaban J connectivity index is 1.34. The molecule has 2 aliphatic heterocycles. The van der Waals surface area contributed by atoms with E-state index in [1.54, 1.807) is 7.11 Å². The van der Waals surface area contributed by atoms with Crippen LogP contribution in [0.25, 0.3) is 0 Å². The second-order valence-corrected chi connectivity index (χ2v) is 9.42. The molecule has 3 atom stereocenters. The first kappa shape index (κ1) is 22.0. The highest BCUT2D eigenvalue weighted by atomic mass is 16.5. The largest absolute Gasteiger partial charge is 0.495 e. The number of fused-ring (bicyclic) bond motifs is 1. The number of aliphatic hydroxyl groups excluding tert-OH is 1. The van der Waals surface area contributed by atoms with Crippen molar-refractivity contribution in [1.29, 1.82) is 0 Å². The molecule has 1 N–H and O–H groups in total. The smallest absolute Gasteiger partial charge is 0.225 e. The van der Waals surface area contributed by atoms with Crippen LogP contribution in [-0.4, -0.2) is 66.2 Å². The van der Waals surface area contributed by atoms with Crippen LogP contribution >= 0.6 is 0 Å². The fourth-order valence-electron chi connectivity index (χ4n) is 5.41. The van der Waals surface area contributed by atoms with E-state index < -0.39 is 0 Å². The van der Waals surface area contributed by atoms with Gasteiger partial charge in [-0.3, -0.25) is 9.69 Å². The quantitative estimate of drug-likeness (QED) is 0.736. The van der Waals surface area contributed by atoms with E-state index in [-0.39, 0.29) is 30.5 Å². The molecule has 3 aliphatic rings. The molecule has 2 saturated heterocycles. The van der Waals surface area contributed by atoms with Gasteiger partial charge in [-0.2, -0.15) is 0 Å². The summed E-state index contributed by atoms with van der Waals surface area (Å²) in [7, 11) is 1.66. The maximum absolute atomic E-state index is 12.8. The number of methoxy groups -OCH3 is 1. The van der Waals surface area contributed by atoms with E-state index in [1.165, 1.54) is 5.56 Å². The highest BCUT2D eigenvalue weighted by Crippen LogP contribution is 2.42.